The van der Waals surface area contributed by atoms with Crippen LogP contribution in [0.4, 0.5) is 5.69 Å². The number of piperidine rings is 1. The third-order valence-corrected chi connectivity index (χ3v) is 4.24. The highest BCUT2D eigenvalue weighted by atomic mass is 16.2. The maximum atomic E-state index is 12.5. The van der Waals surface area contributed by atoms with Crippen molar-refractivity contribution in [2.45, 2.75) is 25.8 Å². The normalized spacial score (nSPS) is 22.1. The monoisotopic (exact) mass is 273 g/mol. The number of benzene rings is 1. The van der Waals surface area contributed by atoms with Gasteiger partial charge in [0.15, 0.2) is 0 Å². The standard InChI is InChI=1S/C15H19N3O2/c16-13-3-1-2-10-6-7-18(9-12(10)13)15(20)11-4-5-14(19)17-8-11/h1-3,11H,4-9,16H2,(H,17,19). The van der Waals surface area contributed by atoms with E-state index in [1.165, 1.54) is 5.56 Å². The second-order valence-electron chi connectivity index (χ2n) is 5.53. The zero-order valence-electron chi connectivity index (χ0n) is 11.4. The molecule has 2 aliphatic rings. The molecule has 1 aromatic rings. The molecule has 1 saturated heterocycles. The molecule has 1 atom stereocenters. The number of carbonyl (C=O) groups excluding carboxylic acids is 2. The Morgan fingerprint density at radius 2 is 2.20 bits per heavy atom. The maximum Gasteiger partial charge on any atom is 0.227 e. The van der Waals surface area contributed by atoms with Crippen LogP contribution < -0.4 is 11.1 Å². The Labute approximate surface area is 118 Å². The van der Waals surface area contributed by atoms with E-state index in [2.05, 4.69) is 11.4 Å². The van der Waals surface area contributed by atoms with Crippen LogP contribution in [0.3, 0.4) is 0 Å². The van der Waals surface area contributed by atoms with Crippen molar-refractivity contribution in [2.75, 3.05) is 18.8 Å². The van der Waals surface area contributed by atoms with E-state index in [9.17, 15) is 9.59 Å². The third kappa shape index (κ3) is 2.35. The summed E-state index contributed by atoms with van der Waals surface area (Å²) in [6.45, 7) is 1.79. The SMILES string of the molecule is Nc1cccc2c1CN(C(=O)C1CCC(=O)NC1)CC2. The Morgan fingerprint density at radius 3 is 2.95 bits per heavy atom. The third-order valence-electron chi connectivity index (χ3n) is 4.24. The number of rotatable bonds is 1. The lowest BCUT2D eigenvalue weighted by Gasteiger charge is -2.33. The molecule has 5 nitrogen and oxygen atoms in total. The number of hydrogen-bond acceptors (Lipinski definition) is 3. The van der Waals surface area contributed by atoms with Crippen LogP contribution in [0.1, 0.15) is 24.0 Å². The summed E-state index contributed by atoms with van der Waals surface area (Å²) in [6.07, 6.45) is 1.95. The van der Waals surface area contributed by atoms with Gasteiger partial charge in [-0.2, -0.15) is 0 Å². The van der Waals surface area contributed by atoms with Gasteiger partial charge in [0, 0.05) is 31.7 Å². The molecule has 20 heavy (non-hydrogen) atoms. The summed E-state index contributed by atoms with van der Waals surface area (Å²) in [4.78, 5) is 25.6. The van der Waals surface area contributed by atoms with Crippen LogP contribution in [0, 0.1) is 5.92 Å². The fourth-order valence-corrected chi connectivity index (χ4v) is 3.00. The minimum Gasteiger partial charge on any atom is -0.398 e. The highest BCUT2D eigenvalue weighted by molar-refractivity contribution is 5.84. The topological polar surface area (TPSA) is 75.4 Å². The van der Waals surface area contributed by atoms with E-state index in [1.807, 2.05) is 17.0 Å². The number of amides is 2. The molecule has 3 N–H and O–H groups in total. The fourth-order valence-electron chi connectivity index (χ4n) is 3.00. The first-order valence-electron chi connectivity index (χ1n) is 7.07. The first-order valence-corrected chi connectivity index (χ1v) is 7.07. The van der Waals surface area contributed by atoms with Gasteiger partial charge in [-0.05, 0) is 30.0 Å². The zero-order chi connectivity index (χ0) is 14.1. The van der Waals surface area contributed by atoms with Gasteiger partial charge in [-0.25, -0.2) is 0 Å². The number of fused-ring (bicyclic) bond motifs is 1. The van der Waals surface area contributed by atoms with Gasteiger partial charge >= 0.3 is 0 Å². The van der Waals surface area contributed by atoms with E-state index in [4.69, 9.17) is 5.73 Å². The summed E-state index contributed by atoms with van der Waals surface area (Å²) in [6, 6.07) is 5.92. The van der Waals surface area contributed by atoms with Crippen LogP contribution in [0.2, 0.25) is 0 Å². The van der Waals surface area contributed by atoms with Gasteiger partial charge in [-0.3, -0.25) is 9.59 Å². The molecule has 5 heteroatoms. The number of hydrogen-bond donors (Lipinski definition) is 2. The van der Waals surface area contributed by atoms with E-state index >= 15 is 0 Å². The Kier molecular flexibility index (Phi) is 3.34. The van der Waals surface area contributed by atoms with Crippen molar-refractivity contribution in [3.8, 4) is 0 Å². The molecule has 106 valence electrons. The number of nitrogens with zero attached hydrogens (tertiary/aromatic N) is 1. The molecule has 3 rings (SSSR count). The minimum atomic E-state index is -0.0841. The molecule has 0 spiro atoms. The zero-order valence-corrected chi connectivity index (χ0v) is 11.4. The van der Waals surface area contributed by atoms with Crippen molar-refractivity contribution in [2.24, 2.45) is 5.92 Å². The van der Waals surface area contributed by atoms with Gasteiger partial charge in [0.05, 0.1) is 5.92 Å². The predicted molar refractivity (Wildman–Crippen MR) is 75.7 cm³/mol. The number of nitrogens with two attached hydrogens (primary N) is 1. The van der Waals surface area contributed by atoms with Crippen LogP contribution in [-0.2, 0) is 22.6 Å². The maximum absolute atomic E-state index is 12.5. The van der Waals surface area contributed by atoms with Gasteiger partial charge in [0.25, 0.3) is 0 Å². The van der Waals surface area contributed by atoms with E-state index in [-0.39, 0.29) is 17.7 Å². The Bertz CT molecular complexity index is 546. The molecular weight excluding hydrogens is 254 g/mol. The van der Waals surface area contributed by atoms with Crippen molar-refractivity contribution in [1.82, 2.24) is 10.2 Å². The lowest BCUT2D eigenvalue weighted by Crippen LogP contribution is -2.46. The van der Waals surface area contributed by atoms with Gasteiger partial charge in [-0.1, -0.05) is 12.1 Å². The summed E-state index contributed by atoms with van der Waals surface area (Å²) >= 11 is 0. The predicted octanol–water partition coefficient (Wildman–Crippen LogP) is 0.680. The van der Waals surface area contributed by atoms with E-state index in [0.29, 0.717) is 25.9 Å². The van der Waals surface area contributed by atoms with Crippen LogP contribution in [0.25, 0.3) is 0 Å². The number of nitrogens with one attached hydrogen (secondary N) is 1. The van der Waals surface area contributed by atoms with Gasteiger partial charge in [-0.15, -0.1) is 0 Å². The minimum absolute atomic E-state index is 0.0438. The van der Waals surface area contributed by atoms with E-state index in [1.54, 1.807) is 0 Å². The van der Waals surface area contributed by atoms with Crippen molar-refractivity contribution < 1.29 is 9.59 Å². The van der Waals surface area contributed by atoms with Crippen molar-refractivity contribution in [3.05, 3.63) is 29.3 Å². The van der Waals surface area contributed by atoms with E-state index in [0.717, 1.165) is 24.2 Å². The second kappa shape index (κ2) is 5.15. The van der Waals surface area contributed by atoms with Crippen LogP contribution in [0.5, 0.6) is 0 Å². The highest BCUT2D eigenvalue weighted by Gasteiger charge is 2.30. The Hall–Kier alpha value is -2.04. The molecule has 2 amide bonds. The van der Waals surface area contributed by atoms with Crippen molar-refractivity contribution >= 4 is 17.5 Å². The van der Waals surface area contributed by atoms with Crippen molar-refractivity contribution in [1.29, 1.82) is 0 Å². The molecule has 0 radical (unpaired) electrons. The number of nitrogen functional groups attached to an aromatic ring is 1. The van der Waals surface area contributed by atoms with Gasteiger partial charge in [0.1, 0.15) is 0 Å². The average molecular weight is 273 g/mol. The molecule has 2 aliphatic heterocycles. The lowest BCUT2D eigenvalue weighted by atomic mass is 9.94. The lowest BCUT2D eigenvalue weighted by molar-refractivity contribution is -0.138. The number of carbonyl (C=O) groups is 2. The van der Waals surface area contributed by atoms with Crippen LogP contribution in [-0.4, -0.2) is 29.8 Å². The Morgan fingerprint density at radius 1 is 1.35 bits per heavy atom. The van der Waals surface area contributed by atoms with E-state index < -0.39 is 0 Å². The molecule has 0 saturated carbocycles. The molecule has 0 bridgehead atoms. The first-order chi connectivity index (χ1) is 9.65. The molecule has 1 fully saturated rings. The first kappa shape index (κ1) is 13.0. The molecule has 0 aromatic heterocycles. The second-order valence-corrected chi connectivity index (χ2v) is 5.53. The number of anilines is 1. The van der Waals surface area contributed by atoms with Crippen LogP contribution >= 0.6 is 0 Å². The van der Waals surface area contributed by atoms with Crippen molar-refractivity contribution in [3.63, 3.8) is 0 Å². The van der Waals surface area contributed by atoms with Crippen LogP contribution in [0.15, 0.2) is 18.2 Å². The summed E-state index contributed by atoms with van der Waals surface area (Å²) in [7, 11) is 0. The largest absolute Gasteiger partial charge is 0.398 e. The van der Waals surface area contributed by atoms with Gasteiger partial charge in [0.2, 0.25) is 11.8 Å². The molecule has 0 aliphatic carbocycles. The average Bonchev–Trinajstić information content (AvgIpc) is 2.47. The highest BCUT2D eigenvalue weighted by Crippen LogP contribution is 2.26. The smallest absolute Gasteiger partial charge is 0.227 e. The molecule has 1 unspecified atom stereocenters. The molecule has 1 aromatic carbocycles. The fraction of sp³-hybridized carbons (Fsp3) is 0.467. The summed E-state index contributed by atoms with van der Waals surface area (Å²) in [5.74, 6) is 0.0976. The summed E-state index contributed by atoms with van der Waals surface area (Å²) in [5.41, 5.74) is 9.08. The quantitative estimate of drug-likeness (QED) is 0.739. The summed E-state index contributed by atoms with van der Waals surface area (Å²) < 4.78 is 0. The molecular formula is C15H19N3O2. The molecule has 2 heterocycles. The Balaban J connectivity index is 1.72. The summed E-state index contributed by atoms with van der Waals surface area (Å²) in [5, 5.41) is 2.77. The van der Waals surface area contributed by atoms with Gasteiger partial charge < -0.3 is 16.0 Å².